The quantitative estimate of drug-likeness (QED) is 0.903. The topological polar surface area (TPSA) is 59.3 Å². The Kier molecular flexibility index (Phi) is 4.02. The number of fused-ring (bicyclic) bond motifs is 2. The highest BCUT2D eigenvalue weighted by Crippen LogP contribution is 2.38. The van der Waals surface area contributed by atoms with E-state index in [9.17, 15) is 9.59 Å². The number of ketones is 1. The Balaban J connectivity index is 1.51. The van der Waals surface area contributed by atoms with Crippen molar-refractivity contribution in [3.63, 3.8) is 0 Å². The third-order valence-electron chi connectivity index (χ3n) is 5.60. The predicted octanol–water partition coefficient (Wildman–Crippen LogP) is 4.16. The normalized spacial score (nSPS) is 17.7. The van der Waals surface area contributed by atoms with E-state index in [1.807, 2.05) is 6.92 Å². The molecule has 2 aromatic rings. The second-order valence-corrected chi connectivity index (χ2v) is 8.43. The van der Waals surface area contributed by atoms with Crippen LogP contribution in [0.4, 0.5) is 0 Å². The first-order valence-corrected chi connectivity index (χ1v) is 9.38. The van der Waals surface area contributed by atoms with Gasteiger partial charge in [0.25, 0.3) is 5.91 Å². The summed E-state index contributed by atoms with van der Waals surface area (Å²) in [5.74, 6) is 0.770. The van der Waals surface area contributed by atoms with Crippen LogP contribution in [0.3, 0.4) is 0 Å². The van der Waals surface area contributed by atoms with Crippen LogP contribution in [-0.2, 0) is 25.8 Å². The van der Waals surface area contributed by atoms with Crippen molar-refractivity contribution < 1.29 is 14.0 Å². The molecule has 2 aliphatic rings. The molecular formula is C22H25NO3. The van der Waals surface area contributed by atoms with Crippen LogP contribution in [0.5, 0.6) is 0 Å². The predicted molar refractivity (Wildman–Crippen MR) is 99.5 cm³/mol. The number of aryl methyl sites for hydroxylation is 2. The number of hydrogen-bond donors (Lipinski definition) is 1. The maximum atomic E-state index is 12.6. The van der Waals surface area contributed by atoms with Gasteiger partial charge in [-0.2, -0.15) is 0 Å². The van der Waals surface area contributed by atoms with E-state index in [4.69, 9.17) is 4.42 Å². The van der Waals surface area contributed by atoms with Gasteiger partial charge in [-0.25, -0.2) is 0 Å². The van der Waals surface area contributed by atoms with E-state index in [1.165, 1.54) is 17.5 Å². The number of hydrogen-bond acceptors (Lipinski definition) is 3. The lowest BCUT2D eigenvalue weighted by molar-refractivity contribution is 0.0888. The number of Topliss-reactive ketones (excluding diaryl/α,β-unsaturated/α-hetero) is 1. The largest absolute Gasteiger partial charge is 0.455 e. The molecule has 0 spiro atoms. The number of carbonyl (C=O) groups is 2. The number of benzene rings is 1. The van der Waals surface area contributed by atoms with Gasteiger partial charge in [-0.05, 0) is 48.3 Å². The van der Waals surface area contributed by atoms with Crippen LogP contribution in [-0.4, -0.2) is 11.7 Å². The molecule has 1 amide bonds. The molecule has 4 nitrogen and oxygen atoms in total. The maximum Gasteiger partial charge on any atom is 0.287 e. The Morgan fingerprint density at radius 3 is 2.77 bits per heavy atom. The molecule has 1 heterocycles. The fourth-order valence-electron chi connectivity index (χ4n) is 4.30. The molecule has 0 unspecified atom stereocenters. The fraction of sp³-hybridized carbons (Fsp3) is 0.455. The van der Waals surface area contributed by atoms with Crippen LogP contribution in [0.15, 0.2) is 22.6 Å². The summed E-state index contributed by atoms with van der Waals surface area (Å²) in [4.78, 5) is 25.1. The van der Waals surface area contributed by atoms with Crippen LogP contribution < -0.4 is 5.32 Å². The minimum absolute atomic E-state index is 0.0789. The molecule has 0 saturated carbocycles. The van der Waals surface area contributed by atoms with Crippen molar-refractivity contribution in [1.29, 1.82) is 0 Å². The average Bonchev–Trinajstić information content (AvgIpc) is 3.15. The summed E-state index contributed by atoms with van der Waals surface area (Å²) in [6.45, 7) is 6.39. The molecule has 0 aliphatic heterocycles. The van der Waals surface area contributed by atoms with Gasteiger partial charge in [-0.1, -0.05) is 32.0 Å². The number of rotatable bonds is 3. The Bertz CT molecular complexity index is 904. The van der Waals surface area contributed by atoms with Gasteiger partial charge < -0.3 is 9.73 Å². The van der Waals surface area contributed by atoms with Crippen molar-refractivity contribution in [2.75, 3.05) is 0 Å². The van der Waals surface area contributed by atoms with Crippen molar-refractivity contribution in [2.45, 2.75) is 59.4 Å². The number of furan rings is 1. The maximum absolute atomic E-state index is 12.6. The van der Waals surface area contributed by atoms with E-state index in [-0.39, 0.29) is 22.9 Å². The van der Waals surface area contributed by atoms with Gasteiger partial charge in [0.15, 0.2) is 11.5 Å². The van der Waals surface area contributed by atoms with Crippen molar-refractivity contribution >= 4 is 11.7 Å². The van der Waals surface area contributed by atoms with Crippen LogP contribution in [0.25, 0.3) is 0 Å². The zero-order valence-electron chi connectivity index (χ0n) is 15.7. The zero-order chi connectivity index (χ0) is 18.5. The highest BCUT2D eigenvalue weighted by Gasteiger charge is 2.37. The summed E-state index contributed by atoms with van der Waals surface area (Å²) in [6, 6.07) is 6.44. The van der Waals surface area contributed by atoms with Gasteiger partial charge in [0, 0.05) is 24.9 Å². The lowest BCUT2D eigenvalue weighted by atomic mass is 9.76. The molecule has 4 heteroatoms. The third-order valence-corrected chi connectivity index (χ3v) is 5.60. The van der Waals surface area contributed by atoms with Gasteiger partial charge in [-0.3, -0.25) is 9.59 Å². The van der Waals surface area contributed by atoms with Gasteiger partial charge >= 0.3 is 0 Å². The molecule has 2 aliphatic carbocycles. The molecule has 0 fully saturated rings. The Morgan fingerprint density at radius 1 is 1.19 bits per heavy atom. The summed E-state index contributed by atoms with van der Waals surface area (Å²) >= 11 is 0. The first kappa shape index (κ1) is 17.1. The molecule has 4 rings (SSSR count). The van der Waals surface area contributed by atoms with E-state index in [1.54, 1.807) is 0 Å². The molecule has 0 bridgehead atoms. The van der Waals surface area contributed by atoms with Crippen molar-refractivity contribution in [2.24, 2.45) is 5.41 Å². The lowest BCUT2D eigenvalue weighted by Gasteiger charge is -2.27. The van der Waals surface area contributed by atoms with E-state index in [2.05, 4.69) is 37.4 Å². The van der Waals surface area contributed by atoms with Gasteiger partial charge in [0.1, 0.15) is 5.76 Å². The molecule has 1 aromatic heterocycles. The molecule has 136 valence electrons. The highest BCUT2D eigenvalue weighted by molar-refractivity contribution is 6.03. The number of amides is 1. The number of nitrogens with one attached hydrogen (secondary N) is 1. The minimum Gasteiger partial charge on any atom is -0.455 e. The standard InChI is InChI=1S/C22H25NO3/c1-13-19-17(24)10-22(2,3)11-18(19)26-20(13)21(25)23-12-14-7-8-15-5-4-6-16(15)9-14/h7-9H,4-6,10-12H2,1-3H3,(H,23,25). The average molecular weight is 351 g/mol. The monoisotopic (exact) mass is 351 g/mol. The van der Waals surface area contributed by atoms with Gasteiger partial charge in [0.2, 0.25) is 0 Å². The smallest absolute Gasteiger partial charge is 0.287 e. The van der Waals surface area contributed by atoms with Crippen molar-refractivity contribution in [3.8, 4) is 0 Å². The summed E-state index contributed by atoms with van der Waals surface area (Å²) in [5, 5.41) is 2.95. The van der Waals surface area contributed by atoms with Crippen LogP contribution >= 0.6 is 0 Å². The first-order chi connectivity index (χ1) is 12.3. The second-order valence-electron chi connectivity index (χ2n) is 8.43. The number of carbonyl (C=O) groups excluding carboxylic acids is 2. The first-order valence-electron chi connectivity index (χ1n) is 9.38. The minimum atomic E-state index is -0.247. The van der Waals surface area contributed by atoms with Crippen LogP contribution in [0.2, 0.25) is 0 Å². The van der Waals surface area contributed by atoms with E-state index < -0.39 is 0 Å². The van der Waals surface area contributed by atoms with Gasteiger partial charge in [0.05, 0.1) is 5.56 Å². The Morgan fingerprint density at radius 2 is 1.96 bits per heavy atom. The summed E-state index contributed by atoms with van der Waals surface area (Å²) in [6.07, 6.45) is 4.68. The van der Waals surface area contributed by atoms with E-state index in [0.717, 1.165) is 18.4 Å². The van der Waals surface area contributed by atoms with Crippen molar-refractivity contribution in [1.82, 2.24) is 5.32 Å². The van der Waals surface area contributed by atoms with Crippen molar-refractivity contribution in [3.05, 3.63) is 57.5 Å². The van der Waals surface area contributed by atoms with E-state index >= 15 is 0 Å². The fourth-order valence-corrected chi connectivity index (χ4v) is 4.30. The zero-order valence-corrected chi connectivity index (χ0v) is 15.7. The van der Waals surface area contributed by atoms with Crippen LogP contribution in [0.1, 0.15) is 75.6 Å². The molecule has 26 heavy (non-hydrogen) atoms. The Hall–Kier alpha value is -2.36. The van der Waals surface area contributed by atoms with E-state index in [0.29, 0.717) is 36.3 Å². The summed E-state index contributed by atoms with van der Waals surface area (Å²) in [7, 11) is 0. The third kappa shape index (κ3) is 2.98. The van der Waals surface area contributed by atoms with Gasteiger partial charge in [-0.15, -0.1) is 0 Å². The Labute approximate surface area is 154 Å². The van der Waals surface area contributed by atoms with Crippen LogP contribution in [0, 0.1) is 12.3 Å². The second kappa shape index (κ2) is 6.11. The summed E-state index contributed by atoms with van der Waals surface area (Å²) in [5.41, 5.74) is 5.10. The SMILES string of the molecule is Cc1c(C(=O)NCc2ccc3c(c2)CCC3)oc2c1C(=O)CC(C)(C)C2. The molecule has 0 radical (unpaired) electrons. The molecule has 0 atom stereocenters. The molecule has 1 aromatic carbocycles. The molecule has 0 saturated heterocycles. The molecular weight excluding hydrogens is 326 g/mol. The summed E-state index contributed by atoms with van der Waals surface area (Å²) < 4.78 is 5.83. The lowest BCUT2D eigenvalue weighted by Crippen LogP contribution is -2.26. The highest BCUT2D eigenvalue weighted by atomic mass is 16.4. The molecule has 1 N–H and O–H groups in total.